The van der Waals surface area contributed by atoms with Gasteiger partial charge < -0.3 is 10.6 Å². The van der Waals surface area contributed by atoms with Crippen molar-refractivity contribution in [1.29, 1.82) is 0 Å². The van der Waals surface area contributed by atoms with Crippen LogP contribution in [0.15, 0.2) is 46.9 Å². The van der Waals surface area contributed by atoms with Gasteiger partial charge >= 0.3 is 0 Å². The summed E-state index contributed by atoms with van der Waals surface area (Å²) in [5, 5.41) is 0.500. The standard InChI is InChI=1S/C15H14BrClN2O/c1-19(9-10-2-4-11(16)5-3-10)15(20)13-8-12(17)6-7-14(13)18/h2-8H,9,18H2,1H3. The van der Waals surface area contributed by atoms with Crippen LogP contribution >= 0.6 is 27.5 Å². The van der Waals surface area contributed by atoms with Crippen molar-refractivity contribution in [2.24, 2.45) is 0 Å². The first-order valence-corrected chi connectivity index (χ1v) is 7.19. The molecule has 2 N–H and O–H groups in total. The molecule has 0 heterocycles. The highest BCUT2D eigenvalue weighted by Crippen LogP contribution is 2.20. The third-order valence-corrected chi connectivity index (χ3v) is 3.69. The number of nitrogens with two attached hydrogens (primary N) is 1. The van der Waals surface area contributed by atoms with Crippen LogP contribution in [0.1, 0.15) is 15.9 Å². The number of carbonyl (C=O) groups excluding carboxylic acids is 1. The Balaban J connectivity index is 2.16. The number of benzene rings is 2. The van der Waals surface area contributed by atoms with Crippen LogP contribution in [0.5, 0.6) is 0 Å². The van der Waals surface area contributed by atoms with E-state index in [2.05, 4.69) is 15.9 Å². The van der Waals surface area contributed by atoms with E-state index in [1.165, 1.54) is 0 Å². The van der Waals surface area contributed by atoms with Gasteiger partial charge in [-0.05, 0) is 35.9 Å². The van der Waals surface area contributed by atoms with E-state index in [9.17, 15) is 4.79 Å². The van der Waals surface area contributed by atoms with Crippen molar-refractivity contribution >= 4 is 39.1 Å². The Kier molecular flexibility index (Phi) is 4.68. The van der Waals surface area contributed by atoms with E-state index < -0.39 is 0 Å². The van der Waals surface area contributed by atoms with Crippen LogP contribution in [0.4, 0.5) is 5.69 Å². The van der Waals surface area contributed by atoms with Crippen LogP contribution in [0.3, 0.4) is 0 Å². The number of anilines is 1. The second-order valence-electron chi connectivity index (χ2n) is 4.52. The third kappa shape index (κ3) is 3.52. The molecule has 0 aliphatic rings. The molecule has 0 aromatic heterocycles. The van der Waals surface area contributed by atoms with Crippen LogP contribution in [0.2, 0.25) is 5.02 Å². The zero-order valence-electron chi connectivity index (χ0n) is 10.9. The molecule has 0 saturated heterocycles. The highest BCUT2D eigenvalue weighted by Gasteiger charge is 2.15. The fourth-order valence-corrected chi connectivity index (χ4v) is 2.29. The van der Waals surface area contributed by atoms with Gasteiger partial charge in [0.15, 0.2) is 0 Å². The van der Waals surface area contributed by atoms with Crippen LogP contribution in [0, 0.1) is 0 Å². The van der Waals surface area contributed by atoms with Crippen molar-refractivity contribution in [2.75, 3.05) is 12.8 Å². The summed E-state index contributed by atoms with van der Waals surface area (Å²) in [5.41, 5.74) is 7.74. The van der Waals surface area contributed by atoms with Gasteiger partial charge in [-0.15, -0.1) is 0 Å². The van der Waals surface area contributed by atoms with Gasteiger partial charge in [0.2, 0.25) is 0 Å². The molecule has 0 atom stereocenters. The predicted octanol–water partition coefficient (Wildman–Crippen LogP) is 3.96. The normalized spacial score (nSPS) is 10.3. The fraction of sp³-hybridized carbons (Fsp3) is 0.133. The highest BCUT2D eigenvalue weighted by molar-refractivity contribution is 9.10. The van der Waals surface area contributed by atoms with Crippen molar-refractivity contribution in [3.05, 3.63) is 63.1 Å². The molecule has 104 valence electrons. The van der Waals surface area contributed by atoms with Crippen LogP contribution < -0.4 is 5.73 Å². The Morgan fingerprint density at radius 1 is 1.25 bits per heavy atom. The molecule has 0 aliphatic heterocycles. The summed E-state index contributed by atoms with van der Waals surface area (Å²) in [4.78, 5) is 14.0. The van der Waals surface area contributed by atoms with Gasteiger partial charge in [-0.1, -0.05) is 39.7 Å². The molecule has 1 amide bonds. The smallest absolute Gasteiger partial charge is 0.256 e. The quantitative estimate of drug-likeness (QED) is 0.849. The summed E-state index contributed by atoms with van der Waals surface area (Å²) in [6.45, 7) is 0.512. The first-order valence-electron chi connectivity index (χ1n) is 6.02. The zero-order chi connectivity index (χ0) is 14.7. The SMILES string of the molecule is CN(Cc1ccc(Br)cc1)C(=O)c1cc(Cl)ccc1N. The summed E-state index contributed by atoms with van der Waals surface area (Å²) < 4.78 is 1.01. The maximum absolute atomic E-state index is 12.4. The number of hydrogen-bond acceptors (Lipinski definition) is 2. The minimum absolute atomic E-state index is 0.145. The Morgan fingerprint density at radius 2 is 1.90 bits per heavy atom. The van der Waals surface area contributed by atoms with Gasteiger partial charge in [0.25, 0.3) is 5.91 Å². The predicted molar refractivity (Wildman–Crippen MR) is 85.8 cm³/mol. The number of hydrogen-bond donors (Lipinski definition) is 1. The lowest BCUT2D eigenvalue weighted by Gasteiger charge is -2.18. The number of nitrogens with zero attached hydrogens (tertiary/aromatic N) is 1. The van der Waals surface area contributed by atoms with Crippen molar-refractivity contribution in [1.82, 2.24) is 4.90 Å². The third-order valence-electron chi connectivity index (χ3n) is 2.93. The van der Waals surface area contributed by atoms with E-state index >= 15 is 0 Å². The minimum atomic E-state index is -0.145. The van der Waals surface area contributed by atoms with Crippen LogP contribution in [-0.4, -0.2) is 17.9 Å². The van der Waals surface area contributed by atoms with Gasteiger partial charge in [0, 0.05) is 28.8 Å². The average molecular weight is 354 g/mol. The first kappa shape index (κ1) is 14.9. The number of nitrogen functional groups attached to an aromatic ring is 1. The lowest BCUT2D eigenvalue weighted by molar-refractivity contribution is 0.0786. The van der Waals surface area contributed by atoms with E-state index in [4.69, 9.17) is 17.3 Å². The maximum Gasteiger partial charge on any atom is 0.256 e. The zero-order valence-corrected chi connectivity index (χ0v) is 13.3. The van der Waals surface area contributed by atoms with Crippen LogP contribution in [0.25, 0.3) is 0 Å². The van der Waals surface area contributed by atoms with Crippen molar-refractivity contribution in [3.8, 4) is 0 Å². The maximum atomic E-state index is 12.4. The molecule has 5 heteroatoms. The molecule has 0 spiro atoms. The Labute approximate surface area is 131 Å². The second-order valence-corrected chi connectivity index (χ2v) is 5.87. The summed E-state index contributed by atoms with van der Waals surface area (Å²) in [6.07, 6.45) is 0. The summed E-state index contributed by atoms with van der Waals surface area (Å²) in [7, 11) is 1.74. The molecule has 3 nitrogen and oxygen atoms in total. The van der Waals surface area contributed by atoms with Crippen molar-refractivity contribution in [2.45, 2.75) is 6.54 Å². The lowest BCUT2D eigenvalue weighted by atomic mass is 10.1. The monoisotopic (exact) mass is 352 g/mol. The molecule has 0 fully saturated rings. The van der Waals surface area contributed by atoms with Crippen LogP contribution in [-0.2, 0) is 6.54 Å². The first-order chi connectivity index (χ1) is 9.47. The van der Waals surface area contributed by atoms with Gasteiger partial charge in [0.1, 0.15) is 0 Å². The molecule has 2 rings (SSSR count). The molecule has 0 saturated carbocycles. The molecule has 0 aliphatic carbocycles. The summed E-state index contributed by atoms with van der Waals surface area (Å²) >= 11 is 9.29. The summed E-state index contributed by atoms with van der Waals surface area (Å²) in [5.74, 6) is -0.145. The second kappa shape index (κ2) is 6.29. The molecule has 20 heavy (non-hydrogen) atoms. The molecule has 2 aromatic carbocycles. The van der Waals surface area contributed by atoms with Crippen molar-refractivity contribution < 1.29 is 4.79 Å². The number of amides is 1. The van der Waals surface area contributed by atoms with Gasteiger partial charge in [-0.2, -0.15) is 0 Å². The molecule has 0 radical (unpaired) electrons. The molecule has 2 aromatic rings. The minimum Gasteiger partial charge on any atom is -0.398 e. The number of rotatable bonds is 3. The van der Waals surface area contributed by atoms with E-state index in [1.807, 2.05) is 24.3 Å². The molecular weight excluding hydrogens is 340 g/mol. The topological polar surface area (TPSA) is 46.3 Å². The molecule has 0 unspecified atom stereocenters. The Bertz CT molecular complexity index is 628. The van der Waals surface area contributed by atoms with Gasteiger partial charge in [-0.3, -0.25) is 4.79 Å². The van der Waals surface area contributed by atoms with E-state index in [1.54, 1.807) is 30.1 Å². The molecule has 0 bridgehead atoms. The number of halogens is 2. The fourth-order valence-electron chi connectivity index (χ4n) is 1.85. The van der Waals surface area contributed by atoms with Gasteiger partial charge in [0.05, 0.1) is 5.56 Å². The Hall–Kier alpha value is -1.52. The van der Waals surface area contributed by atoms with E-state index in [0.717, 1.165) is 10.0 Å². The summed E-state index contributed by atoms with van der Waals surface area (Å²) in [6, 6.07) is 12.7. The number of carbonyl (C=O) groups is 1. The van der Waals surface area contributed by atoms with E-state index in [0.29, 0.717) is 22.8 Å². The van der Waals surface area contributed by atoms with Gasteiger partial charge in [-0.25, -0.2) is 0 Å². The lowest BCUT2D eigenvalue weighted by Crippen LogP contribution is -2.27. The molecular formula is C15H14BrClN2O. The van der Waals surface area contributed by atoms with Crippen molar-refractivity contribution in [3.63, 3.8) is 0 Å². The average Bonchev–Trinajstić information content (AvgIpc) is 2.43. The Morgan fingerprint density at radius 3 is 2.55 bits per heavy atom. The largest absolute Gasteiger partial charge is 0.398 e. The highest BCUT2D eigenvalue weighted by atomic mass is 79.9. The van der Waals surface area contributed by atoms with E-state index in [-0.39, 0.29) is 5.91 Å².